The Bertz CT molecular complexity index is 221. The van der Waals surface area contributed by atoms with Crippen molar-refractivity contribution in [2.45, 2.75) is 49.0 Å². The summed E-state index contributed by atoms with van der Waals surface area (Å²) < 4.78 is 5.26. The van der Waals surface area contributed by atoms with Gasteiger partial charge in [-0.3, -0.25) is 0 Å². The Kier molecular flexibility index (Phi) is 2.74. The van der Waals surface area contributed by atoms with E-state index in [1.165, 1.54) is 0 Å². The smallest absolute Gasteiger partial charge is 0.125 e. The van der Waals surface area contributed by atoms with Gasteiger partial charge in [-0.15, -0.1) is 0 Å². The second kappa shape index (κ2) is 3.65. The predicted molar refractivity (Wildman–Crippen MR) is 48.0 cm³/mol. The third-order valence-electron chi connectivity index (χ3n) is 3.43. The van der Waals surface area contributed by atoms with Gasteiger partial charge in [-0.05, 0) is 12.8 Å². The zero-order valence-electron chi connectivity index (χ0n) is 8.15. The molecule has 0 bridgehead atoms. The van der Waals surface area contributed by atoms with Crippen LogP contribution >= 0.6 is 0 Å². The Labute approximate surface area is 86.7 Å². The Balaban J connectivity index is 2.29. The molecule has 1 spiro atoms. The maximum absolute atomic E-state index is 9.78. The highest BCUT2D eigenvalue weighted by Gasteiger charge is 2.60. The van der Waals surface area contributed by atoms with E-state index in [4.69, 9.17) is 4.74 Å². The van der Waals surface area contributed by atoms with Gasteiger partial charge in [0.1, 0.15) is 36.1 Å². The molecule has 4 atom stereocenters. The van der Waals surface area contributed by atoms with E-state index in [0.717, 1.165) is 0 Å². The summed E-state index contributed by atoms with van der Waals surface area (Å²) in [5.74, 6) is 0. The summed E-state index contributed by atoms with van der Waals surface area (Å²) in [6.45, 7) is 0.365. The maximum Gasteiger partial charge on any atom is 0.125 e. The average molecular weight is 220 g/mol. The zero-order chi connectivity index (χ0) is 11.2. The van der Waals surface area contributed by atoms with Crippen molar-refractivity contribution in [2.75, 3.05) is 6.61 Å². The molecular formula is C9H16O6. The molecule has 6 heteroatoms. The molecule has 1 saturated heterocycles. The predicted octanol–water partition coefficient (Wildman–Crippen LogP) is -2.65. The molecule has 5 N–H and O–H groups in total. The van der Waals surface area contributed by atoms with Gasteiger partial charge < -0.3 is 30.3 Å². The van der Waals surface area contributed by atoms with Crippen LogP contribution in [0.3, 0.4) is 0 Å². The normalized spacial score (nSPS) is 56.2. The topological polar surface area (TPSA) is 110 Å². The highest BCUT2D eigenvalue weighted by atomic mass is 16.5. The molecule has 0 radical (unpaired) electrons. The van der Waals surface area contributed by atoms with E-state index in [1.54, 1.807) is 0 Å². The van der Waals surface area contributed by atoms with E-state index < -0.39 is 36.1 Å². The fourth-order valence-corrected chi connectivity index (χ4v) is 2.48. The van der Waals surface area contributed by atoms with Crippen LogP contribution in [0.4, 0.5) is 0 Å². The van der Waals surface area contributed by atoms with Crippen molar-refractivity contribution in [1.29, 1.82) is 0 Å². The van der Waals surface area contributed by atoms with E-state index >= 15 is 0 Å². The SMILES string of the molecule is OC1C(O)C(O)C2(CCCO2)C(O)C1O. The van der Waals surface area contributed by atoms with E-state index in [1.807, 2.05) is 0 Å². The van der Waals surface area contributed by atoms with Crippen LogP contribution in [0.5, 0.6) is 0 Å². The second-order valence-electron chi connectivity index (χ2n) is 4.27. The van der Waals surface area contributed by atoms with Crippen molar-refractivity contribution in [3.05, 3.63) is 0 Å². The molecule has 1 saturated carbocycles. The van der Waals surface area contributed by atoms with Crippen LogP contribution in [-0.2, 0) is 4.74 Å². The first kappa shape index (κ1) is 11.3. The first-order valence-corrected chi connectivity index (χ1v) is 5.05. The molecule has 88 valence electrons. The zero-order valence-corrected chi connectivity index (χ0v) is 8.15. The molecule has 2 fully saturated rings. The van der Waals surface area contributed by atoms with Crippen molar-refractivity contribution >= 4 is 0 Å². The lowest BCUT2D eigenvalue weighted by atomic mass is 9.73. The second-order valence-corrected chi connectivity index (χ2v) is 4.27. The quantitative estimate of drug-likeness (QED) is 0.305. The summed E-state index contributed by atoms with van der Waals surface area (Å²) in [5.41, 5.74) is -1.34. The average Bonchev–Trinajstić information content (AvgIpc) is 2.72. The first-order chi connectivity index (χ1) is 7.00. The number of hydrogen-bond acceptors (Lipinski definition) is 6. The third-order valence-corrected chi connectivity index (χ3v) is 3.43. The molecule has 4 unspecified atom stereocenters. The van der Waals surface area contributed by atoms with Gasteiger partial charge in [0.15, 0.2) is 0 Å². The fraction of sp³-hybridized carbons (Fsp3) is 1.00. The van der Waals surface area contributed by atoms with Crippen LogP contribution in [0.25, 0.3) is 0 Å². The van der Waals surface area contributed by atoms with Gasteiger partial charge in [-0.2, -0.15) is 0 Å². The number of rotatable bonds is 0. The molecule has 1 aliphatic heterocycles. The van der Waals surface area contributed by atoms with Crippen molar-refractivity contribution in [3.63, 3.8) is 0 Å². The third kappa shape index (κ3) is 1.41. The molecule has 6 nitrogen and oxygen atoms in total. The molecule has 2 rings (SSSR count). The van der Waals surface area contributed by atoms with E-state index in [9.17, 15) is 25.5 Å². The summed E-state index contributed by atoms with van der Waals surface area (Å²) in [6, 6.07) is 0. The molecule has 0 aromatic carbocycles. The van der Waals surface area contributed by atoms with E-state index in [2.05, 4.69) is 0 Å². The molecule has 0 aromatic rings. The monoisotopic (exact) mass is 220 g/mol. The van der Waals surface area contributed by atoms with Crippen LogP contribution < -0.4 is 0 Å². The number of aliphatic hydroxyl groups is 5. The molecule has 1 heterocycles. The first-order valence-electron chi connectivity index (χ1n) is 5.05. The van der Waals surface area contributed by atoms with Crippen LogP contribution in [0.15, 0.2) is 0 Å². The van der Waals surface area contributed by atoms with Gasteiger partial charge >= 0.3 is 0 Å². The Morgan fingerprint density at radius 1 is 0.867 bits per heavy atom. The summed E-state index contributed by atoms with van der Waals surface area (Å²) in [4.78, 5) is 0. The highest BCUT2D eigenvalue weighted by Crippen LogP contribution is 2.40. The fourth-order valence-electron chi connectivity index (χ4n) is 2.48. The summed E-state index contributed by atoms with van der Waals surface area (Å²) in [5, 5.41) is 47.9. The minimum absolute atomic E-state index is 0.357. The Morgan fingerprint density at radius 3 is 1.80 bits per heavy atom. The largest absolute Gasteiger partial charge is 0.387 e. The van der Waals surface area contributed by atoms with Gasteiger partial charge in [0, 0.05) is 6.61 Å². The molecular weight excluding hydrogens is 204 g/mol. The van der Waals surface area contributed by atoms with Gasteiger partial charge in [-0.1, -0.05) is 0 Å². The number of aliphatic hydroxyl groups excluding tert-OH is 5. The van der Waals surface area contributed by atoms with Gasteiger partial charge in [0.25, 0.3) is 0 Å². The number of hydrogen-bond donors (Lipinski definition) is 5. The van der Waals surface area contributed by atoms with E-state index in [-0.39, 0.29) is 0 Å². The Hall–Kier alpha value is -0.240. The summed E-state index contributed by atoms with van der Waals surface area (Å²) >= 11 is 0. The lowest BCUT2D eigenvalue weighted by Crippen LogP contribution is -2.70. The minimum atomic E-state index is -1.55. The lowest BCUT2D eigenvalue weighted by Gasteiger charge is -2.48. The maximum atomic E-state index is 9.78. The Morgan fingerprint density at radius 2 is 1.40 bits per heavy atom. The van der Waals surface area contributed by atoms with Gasteiger partial charge in [0.05, 0.1) is 0 Å². The lowest BCUT2D eigenvalue weighted by molar-refractivity contribution is -0.269. The highest BCUT2D eigenvalue weighted by molar-refractivity contribution is 5.10. The van der Waals surface area contributed by atoms with Gasteiger partial charge in [-0.25, -0.2) is 0 Å². The molecule has 2 aliphatic rings. The minimum Gasteiger partial charge on any atom is -0.387 e. The van der Waals surface area contributed by atoms with Crippen molar-refractivity contribution < 1.29 is 30.3 Å². The van der Waals surface area contributed by atoms with Crippen molar-refractivity contribution in [1.82, 2.24) is 0 Å². The number of ether oxygens (including phenoxy) is 1. The van der Waals surface area contributed by atoms with Crippen molar-refractivity contribution in [2.24, 2.45) is 0 Å². The van der Waals surface area contributed by atoms with Crippen LogP contribution in [-0.4, -0.2) is 68.3 Å². The van der Waals surface area contributed by atoms with Crippen LogP contribution in [0.1, 0.15) is 12.8 Å². The van der Waals surface area contributed by atoms with Gasteiger partial charge in [0.2, 0.25) is 0 Å². The standard InChI is InChI=1S/C9H16O6/c10-4-5(11)7(13)9(2-1-3-15-9)8(14)6(4)12/h4-8,10-14H,1-3H2. The van der Waals surface area contributed by atoms with Crippen LogP contribution in [0.2, 0.25) is 0 Å². The van der Waals surface area contributed by atoms with Crippen molar-refractivity contribution in [3.8, 4) is 0 Å². The molecule has 15 heavy (non-hydrogen) atoms. The van der Waals surface area contributed by atoms with Crippen LogP contribution in [0, 0.1) is 0 Å². The summed E-state index contributed by atoms with van der Waals surface area (Å²) in [6.07, 6.45) is -6.31. The molecule has 1 aliphatic carbocycles. The molecule has 0 amide bonds. The molecule has 0 aromatic heterocycles. The summed E-state index contributed by atoms with van der Waals surface area (Å²) in [7, 11) is 0. The van der Waals surface area contributed by atoms with E-state index in [0.29, 0.717) is 19.4 Å².